The molecule has 3 aromatic rings. The Bertz CT molecular complexity index is 938. The molecule has 1 aromatic heterocycles. The molecule has 1 N–H and O–H groups in total. The van der Waals surface area contributed by atoms with Gasteiger partial charge in [-0.3, -0.25) is 9.36 Å². The van der Waals surface area contributed by atoms with Gasteiger partial charge in [0, 0.05) is 26.3 Å². The number of amides is 1. The fourth-order valence-corrected chi connectivity index (χ4v) is 2.72. The predicted octanol–water partition coefficient (Wildman–Crippen LogP) is 2.54. The first-order chi connectivity index (χ1) is 12.0. The van der Waals surface area contributed by atoms with Gasteiger partial charge in [0.25, 0.3) is 0 Å². The van der Waals surface area contributed by atoms with Gasteiger partial charge in [0.2, 0.25) is 5.91 Å². The van der Waals surface area contributed by atoms with Crippen LogP contribution in [0, 0.1) is 0 Å². The van der Waals surface area contributed by atoms with Crippen LogP contribution >= 0.6 is 0 Å². The molecule has 2 aromatic carbocycles. The van der Waals surface area contributed by atoms with Crippen LogP contribution in [0.25, 0.3) is 11.1 Å². The summed E-state index contributed by atoms with van der Waals surface area (Å²) >= 11 is 0. The number of para-hydroxylation sites is 2. The van der Waals surface area contributed by atoms with Crippen molar-refractivity contribution in [3.05, 3.63) is 64.6 Å². The van der Waals surface area contributed by atoms with E-state index in [9.17, 15) is 9.59 Å². The fourth-order valence-electron chi connectivity index (χ4n) is 2.72. The third kappa shape index (κ3) is 3.42. The third-order valence-corrected chi connectivity index (χ3v) is 4.20. The zero-order valence-corrected chi connectivity index (χ0v) is 14.5. The molecule has 130 valence electrons. The molecule has 0 aliphatic rings. The molecular weight excluding hydrogens is 318 g/mol. The Morgan fingerprint density at radius 2 is 1.84 bits per heavy atom. The molecule has 1 heterocycles. The first kappa shape index (κ1) is 16.8. The Morgan fingerprint density at radius 1 is 1.16 bits per heavy atom. The summed E-state index contributed by atoms with van der Waals surface area (Å²) in [5.74, 6) is -0.760. The molecule has 0 unspecified atom stereocenters. The average molecular weight is 339 g/mol. The number of anilines is 1. The van der Waals surface area contributed by atoms with Crippen LogP contribution in [0.4, 0.5) is 5.69 Å². The maximum Gasteiger partial charge on any atom is 0.420 e. The number of nitrogens with zero attached hydrogens (tertiary/aromatic N) is 2. The van der Waals surface area contributed by atoms with Crippen LogP contribution in [0.15, 0.2) is 57.7 Å². The zero-order valence-electron chi connectivity index (χ0n) is 14.5. The van der Waals surface area contributed by atoms with Crippen molar-refractivity contribution in [2.75, 3.05) is 19.0 Å². The number of oxazole rings is 1. The predicted molar refractivity (Wildman–Crippen MR) is 97.8 cm³/mol. The third-order valence-electron chi connectivity index (χ3n) is 4.20. The second-order valence-electron chi connectivity index (χ2n) is 6.16. The molecule has 0 spiro atoms. The Balaban J connectivity index is 1.72. The Kier molecular flexibility index (Phi) is 4.61. The number of carbonyl (C=O) groups is 1. The lowest BCUT2D eigenvalue weighted by Crippen LogP contribution is -2.34. The number of benzene rings is 2. The highest BCUT2D eigenvalue weighted by Crippen LogP contribution is 2.17. The molecule has 25 heavy (non-hydrogen) atoms. The van der Waals surface area contributed by atoms with Gasteiger partial charge >= 0.3 is 5.76 Å². The van der Waals surface area contributed by atoms with E-state index in [1.807, 2.05) is 49.3 Å². The van der Waals surface area contributed by atoms with Gasteiger partial charge in [-0.1, -0.05) is 24.3 Å². The number of hydrogen-bond donors (Lipinski definition) is 1. The van der Waals surface area contributed by atoms with E-state index in [0.29, 0.717) is 17.6 Å². The van der Waals surface area contributed by atoms with Gasteiger partial charge < -0.3 is 14.6 Å². The number of aromatic nitrogens is 1. The minimum atomic E-state index is -0.655. The van der Waals surface area contributed by atoms with Gasteiger partial charge in [-0.2, -0.15) is 0 Å². The smallest absolute Gasteiger partial charge is 0.408 e. The van der Waals surface area contributed by atoms with Crippen molar-refractivity contribution < 1.29 is 9.21 Å². The topological polar surface area (TPSA) is 67.5 Å². The number of nitrogens with one attached hydrogen (secondary N) is 1. The van der Waals surface area contributed by atoms with Gasteiger partial charge in [0.15, 0.2) is 5.58 Å². The molecule has 0 saturated carbocycles. The van der Waals surface area contributed by atoms with Crippen LogP contribution in [0.2, 0.25) is 0 Å². The molecule has 1 atom stereocenters. The Labute approximate surface area is 145 Å². The van der Waals surface area contributed by atoms with Crippen LogP contribution in [0.1, 0.15) is 18.5 Å². The molecule has 1 amide bonds. The summed E-state index contributed by atoms with van der Waals surface area (Å²) in [6, 6.07) is 14.4. The highest BCUT2D eigenvalue weighted by Gasteiger charge is 2.20. The zero-order chi connectivity index (χ0) is 18.0. The number of hydrogen-bond acceptors (Lipinski definition) is 4. The lowest BCUT2D eigenvalue weighted by Gasteiger charge is -2.15. The van der Waals surface area contributed by atoms with E-state index in [1.165, 1.54) is 4.57 Å². The minimum absolute atomic E-state index is 0.231. The quantitative estimate of drug-likeness (QED) is 0.776. The Hall–Kier alpha value is -3.02. The summed E-state index contributed by atoms with van der Waals surface area (Å²) in [7, 11) is 3.96. The standard InChI is InChI=1S/C19H21N3O3/c1-13(22-16-6-4-5-7-17(16)25-19(22)24)18(23)20-12-14-8-10-15(11-9-14)21(2)3/h4-11,13H,12H2,1-3H3,(H,20,23)/t13-/m1/s1. The van der Waals surface area contributed by atoms with Crippen molar-refractivity contribution in [1.29, 1.82) is 0 Å². The lowest BCUT2D eigenvalue weighted by atomic mass is 10.2. The van der Waals surface area contributed by atoms with E-state index in [-0.39, 0.29) is 5.91 Å². The second-order valence-corrected chi connectivity index (χ2v) is 6.16. The molecule has 0 radical (unpaired) electrons. The summed E-state index contributed by atoms with van der Waals surface area (Å²) in [4.78, 5) is 26.6. The lowest BCUT2D eigenvalue weighted by molar-refractivity contribution is -0.124. The maximum atomic E-state index is 12.5. The summed E-state index contributed by atoms with van der Waals surface area (Å²) in [6.45, 7) is 2.09. The largest absolute Gasteiger partial charge is 0.420 e. The molecule has 0 aliphatic heterocycles. The highest BCUT2D eigenvalue weighted by atomic mass is 16.4. The van der Waals surface area contributed by atoms with Gasteiger partial charge in [-0.25, -0.2) is 4.79 Å². The maximum absolute atomic E-state index is 12.5. The number of carbonyl (C=O) groups excluding carboxylic acids is 1. The first-order valence-corrected chi connectivity index (χ1v) is 8.11. The SMILES string of the molecule is C[C@H](C(=O)NCc1ccc(N(C)C)cc1)n1c(=O)oc2ccccc21. The normalized spacial score (nSPS) is 12.1. The van der Waals surface area contributed by atoms with E-state index < -0.39 is 11.8 Å². The van der Waals surface area contributed by atoms with Gasteiger partial charge in [0.1, 0.15) is 6.04 Å². The summed E-state index contributed by atoms with van der Waals surface area (Å²) < 4.78 is 6.57. The van der Waals surface area contributed by atoms with Gasteiger partial charge in [0.05, 0.1) is 5.52 Å². The fraction of sp³-hybridized carbons (Fsp3) is 0.263. The van der Waals surface area contributed by atoms with Crippen LogP contribution in [-0.2, 0) is 11.3 Å². The minimum Gasteiger partial charge on any atom is -0.408 e. The van der Waals surface area contributed by atoms with Crippen molar-refractivity contribution in [3.8, 4) is 0 Å². The molecular formula is C19H21N3O3. The summed E-state index contributed by atoms with van der Waals surface area (Å²) in [5, 5.41) is 2.87. The van der Waals surface area contributed by atoms with Crippen LogP contribution in [0.5, 0.6) is 0 Å². The van der Waals surface area contributed by atoms with Crippen molar-refractivity contribution >= 4 is 22.7 Å². The highest BCUT2D eigenvalue weighted by molar-refractivity contribution is 5.82. The summed E-state index contributed by atoms with van der Waals surface area (Å²) in [5.41, 5.74) is 3.19. The average Bonchev–Trinajstić information content (AvgIpc) is 2.95. The van der Waals surface area contributed by atoms with Crippen molar-refractivity contribution in [3.63, 3.8) is 0 Å². The molecule has 6 heteroatoms. The molecule has 0 aliphatic carbocycles. The molecule has 3 rings (SSSR count). The van der Waals surface area contributed by atoms with E-state index >= 15 is 0 Å². The van der Waals surface area contributed by atoms with E-state index in [0.717, 1.165) is 11.3 Å². The van der Waals surface area contributed by atoms with Gasteiger partial charge in [-0.15, -0.1) is 0 Å². The van der Waals surface area contributed by atoms with Crippen LogP contribution < -0.4 is 16.0 Å². The monoisotopic (exact) mass is 339 g/mol. The van der Waals surface area contributed by atoms with Crippen molar-refractivity contribution in [2.45, 2.75) is 19.5 Å². The first-order valence-electron chi connectivity index (χ1n) is 8.11. The van der Waals surface area contributed by atoms with Crippen LogP contribution in [0.3, 0.4) is 0 Å². The van der Waals surface area contributed by atoms with Crippen molar-refractivity contribution in [1.82, 2.24) is 9.88 Å². The van der Waals surface area contributed by atoms with E-state index in [4.69, 9.17) is 4.42 Å². The Morgan fingerprint density at radius 3 is 2.52 bits per heavy atom. The van der Waals surface area contributed by atoms with E-state index in [2.05, 4.69) is 5.32 Å². The van der Waals surface area contributed by atoms with Gasteiger partial charge in [-0.05, 0) is 36.8 Å². The molecule has 0 saturated heterocycles. The second kappa shape index (κ2) is 6.84. The van der Waals surface area contributed by atoms with Crippen LogP contribution in [-0.4, -0.2) is 24.6 Å². The van der Waals surface area contributed by atoms with E-state index in [1.54, 1.807) is 25.1 Å². The number of rotatable bonds is 5. The summed E-state index contributed by atoms with van der Waals surface area (Å²) in [6.07, 6.45) is 0. The molecule has 6 nitrogen and oxygen atoms in total. The van der Waals surface area contributed by atoms with Crippen molar-refractivity contribution in [2.24, 2.45) is 0 Å². The molecule has 0 bridgehead atoms. The number of fused-ring (bicyclic) bond motifs is 1. The molecule has 0 fully saturated rings.